The van der Waals surface area contributed by atoms with Crippen LogP contribution >= 0.6 is 11.6 Å². The lowest BCUT2D eigenvalue weighted by atomic mass is 10.3. The molecule has 2 N–H and O–H groups in total. The third kappa shape index (κ3) is 3.82. The summed E-state index contributed by atoms with van der Waals surface area (Å²) in [6.45, 7) is 3.22. The fourth-order valence-corrected chi connectivity index (χ4v) is 2.28. The lowest BCUT2D eigenvalue weighted by Crippen LogP contribution is -2.50. The molecule has 2 amide bonds. The van der Waals surface area contributed by atoms with Crippen LogP contribution in [0.3, 0.4) is 0 Å². The van der Waals surface area contributed by atoms with Crippen LogP contribution in [0.5, 0.6) is 0 Å². The predicted molar refractivity (Wildman–Crippen MR) is 75.5 cm³/mol. The van der Waals surface area contributed by atoms with Crippen molar-refractivity contribution in [1.82, 2.24) is 9.80 Å². The van der Waals surface area contributed by atoms with E-state index in [-0.39, 0.29) is 18.3 Å². The maximum absolute atomic E-state index is 13.5. The average Bonchev–Trinajstić information content (AvgIpc) is 2.44. The van der Waals surface area contributed by atoms with Crippen molar-refractivity contribution >= 4 is 23.3 Å². The second-order valence-corrected chi connectivity index (χ2v) is 5.04. The van der Waals surface area contributed by atoms with Crippen LogP contribution in [0.1, 0.15) is 0 Å². The van der Waals surface area contributed by atoms with Gasteiger partial charge in [0.25, 0.3) is 0 Å². The van der Waals surface area contributed by atoms with Crippen molar-refractivity contribution in [3.63, 3.8) is 0 Å². The Morgan fingerprint density at radius 1 is 1.35 bits per heavy atom. The highest BCUT2D eigenvalue weighted by Crippen LogP contribution is 2.20. The highest BCUT2D eigenvalue weighted by atomic mass is 35.5. The summed E-state index contributed by atoms with van der Waals surface area (Å²) in [4.78, 5) is 15.7. The minimum Gasteiger partial charge on any atom is -0.395 e. The third-order valence-electron chi connectivity index (χ3n) is 3.25. The van der Waals surface area contributed by atoms with Gasteiger partial charge in [-0.25, -0.2) is 9.18 Å². The Morgan fingerprint density at radius 2 is 2.05 bits per heavy atom. The van der Waals surface area contributed by atoms with Crippen molar-refractivity contribution in [1.29, 1.82) is 0 Å². The first-order chi connectivity index (χ1) is 9.60. The summed E-state index contributed by atoms with van der Waals surface area (Å²) in [7, 11) is 0. The molecule has 1 aliphatic heterocycles. The summed E-state index contributed by atoms with van der Waals surface area (Å²) < 4.78 is 13.5. The minimum atomic E-state index is -0.512. The molecule has 0 spiro atoms. The van der Waals surface area contributed by atoms with Gasteiger partial charge in [-0.1, -0.05) is 11.6 Å². The van der Waals surface area contributed by atoms with E-state index in [1.807, 2.05) is 0 Å². The lowest BCUT2D eigenvalue weighted by molar-refractivity contribution is 0.127. The van der Waals surface area contributed by atoms with Crippen LogP contribution < -0.4 is 5.32 Å². The van der Waals surface area contributed by atoms with Crippen molar-refractivity contribution < 1.29 is 14.3 Å². The molecule has 0 radical (unpaired) electrons. The zero-order valence-electron chi connectivity index (χ0n) is 11.0. The summed E-state index contributed by atoms with van der Waals surface area (Å²) >= 11 is 5.78. The van der Waals surface area contributed by atoms with E-state index in [1.54, 1.807) is 4.90 Å². The van der Waals surface area contributed by atoms with Crippen molar-refractivity contribution in [2.75, 3.05) is 44.6 Å². The van der Waals surface area contributed by atoms with E-state index >= 15 is 0 Å². The molecule has 2 rings (SSSR count). The number of β-amino-alcohol motifs (C(OH)–C–C–N with tert-alkyl or cyclic N) is 1. The molecule has 0 bridgehead atoms. The molecule has 1 heterocycles. The number of rotatable bonds is 3. The Labute approximate surface area is 121 Å². The number of hydrogen-bond acceptors (Lipinski definition) is 3. The quantitative estimate of drug-likeness (QED) is 0.892. The Bertz CT molecular complexity index is 479. The molecule has 0 unspecified atom stereocenters. The van der Waals surface area contributed by atoms with Gasteiger partial charge in [-0.2, -0.15) is 0 Å². The van der Waals surface area contributed by atoms with Gasteiger partial charge in [0.05, 0.1) is 12.3 Å². The van der Waals surface area contributed by atoms with Gasteiger partial charge < -0.3 is 15.3 Å². The molecule has 0 saturated carbocycles. The summed E-state index contributed by atoms with van der Waals surface area (Å²) in [5, 5.41) is 11.8. The number of halogens is 2. The number of benzene rings is 1. The number of aliphatic hydroxyl groups excluding tert-OH is 1. The molecule has 1 saturated heterocycles. The van der Waals surface area contributed by atoms with Gasteiger partial charge in [-0.3, -0.25) is 4.90 Å². The van der Waals surface area contributed by atoms with E-state index < -0.39 is 5.82 Å². The zero-order chi connectivity index (χ0) is 14.5. The minimum absolute atomic E-state index is 0.0836. The van der Waals surface area contributed by atoms with Gasteiger partial charge in [-0.05, 0) is 18.2 Å². The normalized spacial score (nSPS) is 16.2. The fraction of sp³-hybridized carbons (Fsp3) is 0.462. The van der Waals surface area contributed by atoms with Gasteiger partial charge in [0.15, 0.2) is 0 Å². The average molecular weight is 302 g/mol. The molecular weight excluding hydrogens is 285 g/mol. The number of carbonyl (C=O) groups excluding carboxylic acids is 1. The van der Waals surface area contributed by atoms with E-state index in [4.69, 9.17) is 16.7 Å². The SMILES string of the molecule is O=C(Nc1cc(Cl)ccc1F)N1CCN(CCO)CC1. The van der Waals surface area contributed by atoms with Crippen molar-refractivity contribution in [3.05, 3.63) is 29.0 Å². The first-order valence-corrected chi connectivity index (χ1v) is 6.82. The van der Waals surface area contributed by atoms with Crippen molar-refractivity contribution in [2.24, 2.45) is 0 Å². The number of urea groups is 1. The van der Waals surface area contributed by atoms with Crippen LogP contribution in [0, 0.1) is 5.82 Å². The van der Waals surface area contributed by atoms with E-state index in [1.165, 1.54) is 18.2 Å². The smallest absolute Gasteiger partial charge is 0.322 e. The number of nitrogens with one attached hydrogen (secondary N) is 1. The molecule has 1 aromatic carbocycles. The molecule has 1 fully saturated rings. The number of anilines is 1. The second-order valence-electron chi connectivity index (χ2n) is 4.61. The Morgan fingerprint density at radius 3 is 2.70 bits per heavy atom. The Hall–Kier alpha value is -1.37. The predicted octanol–water partition coefficient (Wildman–Crippen LogP) is 1.62. The molecular formula is C13H17ClFN3O2. The maximum Gasteiger partial charge on any atom is 0.322 e. The lowest BCUT2D eigenvalue weighted by Gasteiger charge is -2.34. The van der Waals surface area contributed by atoms with Crippen LogP contribution in [0.25, 0.3) is 0 Å². The highest BCUT2D eigenvalue weighted by molar-refractivity contribution is 6.30. The first-order valence-electron chi connectivity index (χ1n) is 6.44. The largest absolute Gasteiger partial charge is 0.395 e. The number of hydrogen-bond donors (Lipinski definition) is 2. The number of piperazine rings is 1. The number of amides is 2. The summed E-state index contributed by atoms with van der Waals surface area (Å²) in [5.74, 6) is -0.512. The molecule has 0 atom stereocenters. The van der Waals surface area contributed by atoms with Crippen molar-refractivity contribution in [2.45, 2.75) is 0 Å². The molecule has 0 aliphatic carbocycles. The van der Waals surface area contributed by atoms with Gasteiger partial charge in [-0.15, -0.1) is 0 Å². The van der Waals surface area contributed by atoms with E-state index in [2.05, 4.69) is 10.2 Å². The van der Waals surface area contributed by atoms with Crippen LogP contribution in [-0.2, 0) is 0 Å². The second kappa shape index (κ2) is 6.88. The maximum atomic E-state index is 13.5. The van der Waals surface area contributed by atoms with Crippen LogP contribution in [0.2, 0.25) is 5.02 Å². The topological polar surface area (TPSA) is 55.8 Å². The molecule has 1 aliphatic rings. The monoisotopic (exact) mass is 301 g/mol. The van der Waals surface area contributed by atoms with Crippen molar-refractivity contribution in [3.8, 4) is 0 Å². The van der Waals surface area contributed by atoms with E-state index in [0.717, 1.165) is 0 Å². The Balaban J connectivity index is 1.91. The summed E-state index contributed by atoms with van der Waals surface area (Å²) in [6, 6.07) is 3.70. The Kier molecular flexibility index (Phi) is 5.17. The molecule has 110 valence electrons. The van der Waals surface area contributed by atoms with Crippen LogP contribution in [0.4, 0.5) is 14.9 Å². The third-order valence-corrected chi connectivity index (χ3v) is 3.48. The first kappa shape index (κ1) is 15.0. The highest BCUT2D eigenvalue weighted by Gasteiger charge is 2.21. The molecule has 5 nitrogen and oxygen atoms in total. The van der Waals surface area contributed by atoms with Gasteiger partial charge in [0.2, 0.25) is 0 Å². The molecule has 1 aromatic rings. The molecule has 20 heavy (non-hydrogen) atoms. The van der Waals surface area contributed by atoms with E-state index in [0.29, 0.717) is 37.7 Å². The van der Waals surface area contributed by atoms with Gasteiger partial charge >= 0.3 is 6.03 Å². The number of aliphatic hydroxyl groups is 1. The summed E-state index contributed by atoms with van der Waals surface area (Å²) in [5.41, 5.74) is 0.0836. The molecule has 0 aromatic heterocycles. The van der Waals surface area contributed by atoms with E-state index in [9.17, 15) is 9.18 Å². The van der Waals surface area contributed by atoms with Gasteiger partial charge in [0.1, 0.15) is 5.82 Å². The molecule has 7 heteroatoms. The fourth-order valence-electron chi connectivity index (χ4n) is 2.10. The van der Waals surface area contributed by atoms with Crippen LogP contribution in [-0.4, -0.2) is 60.3 Å². The zero-order valence-corrected chi connectivity index (χ0v) is 11.7. The van der Waals surface area contributed by atoms with Crippen LogP contribution in [0.15, 0.2) is 18.2 Å². The number of carbonyl (C=O) groups is 1. The van der Waals surface area contributed by atoms with Gasteiger partial charge in [0, 0.05) is 37.7 Å². The standard InChI is InChI=1S/C13H17ClFN3O2/c14-10-1-2-11(15)12(9-10)16-13(20)18-5-3-17(4-6-18)7-8-19/h1-2,9,19H,3-8H2,(H,16,20). The summed E-state index contributed by atoms with van der Waals surface area (Å²) in [6.07, 6.45) is 0. The number of nitrogens with zero attached hydrogens (tertiary/aromatic N) is 2.